The van der Waals surface area contributed by atoms with Crippen LogP contribution in [0.4, 0.5) is 0 Å². The van der Waals surface area contributed by atoms with E-state index in [1.165, 1.54) is 36.6 Å². The fourth-order valence-electron chi connectivity index (χ4n) is 3.84. The van der Waals surface area contributed by atoms with Crippen molar-refractivity contribution < 1.29 is 13.9 Å². The van der Waals surface area contributed by atoms with Gasteiger partial charge in [-0.05, 0) is 55.7 Å². The highest BCUT2D eigenvalue weighted by Gasteiger charge is 2.23. The Bertz CT molecular complexity index is 808. The van der Waals surface area contributed by atoms with E-state index in [1.54, 1.807) is 7.11 Å². The van der Waals surface area contributed by atoms with Crippen LogP contribution in [-0.2, 0) is 17.6 Å². The highest BCUT2D eigenvalue weighted by Crippen LogP contribution is 2.24. The second kappa shape index (κ2) is 10.7. The Hall–Kier alpha value is -2.02. The first-order valence-electron chi connectivity index (χ1n) is 10.4. The molecule has 1 aliphatic rings. The molecule has 1 heterocycles. The SMILES string of the molecule is COc1ccc(CCCc2nnc(SCC(=O)N[C@@H]3CCCC[C@H]3C)o2)cc1C. The number of hydrogen-bond donors (Lipinski definition) is 1. The Kier molecular flexibility index (Phi) is 7.98. The van der Waals surface area contributed by atoms with Crippen LogP contribution in [-0.4, -0.2) is 35.0 Å². The fourth-order valence-corrected chi connectivity index (χ4v) is 4.44. The summed E-state index contributed by atoms with van der Waals surface area (Å²) in [5, 5.41) is 11.8. The van der Waals surface area contributed by atoms with Crippen LogP contribution in [0.1, 0.15) is 56.0 Å². The zero-order valence-corrected chi connectivity index (χ0v) is 18.4. The monoisotopic (exact) mass is 417 g/mol. The Labute approximate surface area is 177 Å². The Morgan fingerprint density at radius 2 is 2.10 bits per heavy atom. The average molecular weight is 418 g/mol. The lowest BCUT2D eigenvalue weighted by molar-refractivity contribution is -0.119. The number of nitrogens with zero attached hydrogens (tertiary/aromatic N) is 2. The van der Waals surface area contributed by atoms with Gasteiger partial charge in [-0.25, -0.2) is 0 Å². The minimum atomic E-state index is 0.0448. The first kappa shape index (κ1) is 21.7. The minimum Gasteiger partial charge on any atom is -0.496 e. The van der Waals surface area contributed by atoms with Crippen LogP contribution in [0.3, 0.4) is 0 Å². The van der Waals surface area contributed by atoms with E-state index in [1.807, 2.05) is 6.07 Å². The average Bonchev–Trinajstić information content (AvgIpc) is 3.16. The summed E-state index contributed by atoms with van der Waals surface area (Å²) in [5.74, 6) is 2.45. The molecule has 2 aromatic rings. The predicted molar refractivity (Wildman–Crippen MR) is 114 cm³/mol. The zero-order valence-electron chi connectivity index (χ0n) is 17.6. The van der Waals surface area contributed by atoms with Gasteiger partial charge in [0.25, 0.3) is 5.22 Å². The standard InChI is InChI=1S/C22H31N3O3S/c1-15-7-4-5-9-18(15)23-20(26)14-29-22-25-24-21(28-22)10-6-8-17-11-12-19(27-3)16(2)13-17/h11-13,15,18H,4-10,14H2,1-3H3,(H,23,26)/t15-,18-/m1/s1. The summed E-state index contributed by atoms with van der Waals surface area (Å²) in [5.41, 5.74) is 2.41. The summed E-state index contributed by atoms with van der Waals surface area (Å²) in [6.07, 6.45) is 7.34. The van der Waals surface area contributed by atoms with Crippen molar-refractivity contribution in [2.45, 2.75) is 70.1 Å². The molecule has 0 unspecified atom stereocenters. The molecule has 0 saturated heterocycles. The van der Waals surface area contributed by atoms with Gasteiger partial charge >= 0.3 is 0 Å². The number of hydrogen-bond acceptors (Lipinski definition) is 6. The molecule has 1 fully saturated rings. The molecule has 1 aromatic carbocycles. The van der Waals surface area contributed by atoms with Gasteiger partial charge in [0.1, 0.15) is 5.75 Å². The maximum Gasteiger partial charge on any atom is 0.277 e. The second-order valence-electron chi connectivity index (χ2n) is 7.84. The van der Waals surface area contributed by atoms with E-state index >= 15 is 0 Å². The number of rotatable bonds is 9. The fraction of sp³-hybridized carbons (Fsp3) is 0.591. The predicted octanol–water partition coefficient (Wildman–Crippen LogP) is 4.35. The molecule has 7 heteroatoms. The maximum absolute atomic E-state index is 12.2. The van der Waals surface area contributed by atoms with Gasteiger partial charge in [-0.2, -0.15) is 0 Å². The maximum atomic E-state index is 12.2. The van der Waals surface area contributed by atoms with Crippen LogP contribution in [0.5, 0.6) is 5.75 Å². The van der Waals surface area contributed by atoms with Crippen LogP contribution >= 0.6 is 11.8 Å². The van der Waals surface area contributed by atoms with Crippen LogP contribution < -0.4 is 10.1 Å². The molecule has 2 atom stereocenters. The lowest BCUT2D eigenvalue weighted by Crippen LogP contribution is -2.41. The lowest BCUT2D eigenvalue weighted by atomic mass is 9.86. The van der Waals surface area contributed by atoms with Crippen molar-refractivity contribution in [2.24, 2.45) is 5.92 Å². The molecule has 29 heavy (non-hydrogen) atoms. The number of methoxy groups -OCH3 is 1. The number of amides is 1. The zero-order chi connectivity index (χ0) is 20.6. The molecular formula is C22H31N3O3S. The van der Waals surface area contributed by atoms with E-state index in [0.29, 0.717) is 28.8 Å². The third-order valence-electron chi connectivity index (χ3n) is 5.55. The molecule has 3 rings (SSSR count). The summed E-state index contributed by atoms with van der Waals surface area (Å²) < 4.78 is 11.0. The van der Waals surface area contributed by atoms with E-state index in [4.69, 9.17) is 9.15 Å². The Balaban J connectivity index is 1.39. The molecular weight excluding hydrogens is 386 g/mol. The van der Waals surface area contributed by atoms with Gasteiger partial charge in [0.15, 0.2) is 0 Å². The minimum absolute atomic E-state index is 0.0448. The summed E-state index contributed by atoms with van der Waals surface area (Å²) in [7, 11) is 1.69. The van der Waals surface area contributed by atoms with Crippen LogP contribution in [0.25, 0.3) is 0 Å². The molecule has 1 aromatic heterocycles. The molecule has 0 aliphatic heterocycles. The summed E-state index contributed by atoms with van der Waals surface area (Å²) in [6, 6.07) is 6.55. The topological polar surface area (TPSA) is 77.2 Å². The van der Waals surface area contributed by atoms with Gasteiger partial charge in [0.05, 0.1) is 12.9 Å². The molecule has 1 aliphatic carbocycles. The Morgan fingerprint density at radius 1 is 1.28 bits per heavy atom. The van der Waals surface area contributed by atoms with Crippen molar-refractivity contribution in [3.05, 3.63) is 35.2 Å². The Morgan fingerprint density at radius 3 is 2.86 bits per heavy atom. The third-order valence-corrected chi connectivity index (χ3v) is 6.37. The van der Waals surface area contributed by atoms with Crippen LogP contribution in [0.2, 0.25) is 0 Å². The van der Waals surface area contributed by atoms with Crippen molar-refractivity contribution in [1.29, 1.82) is 0 Å². The molecule has 0 bridgehead atoms. The molecule has 1 N–H and O–H groups in total. The third kappa shape index (κ3) is 6.49. The van der Waals surface area contributed by atoms with Gasteiger partial charge in [-0.15, -0.1) is 10.2 Å². The summed E-state index contributed by atoms with van der Waals surface area (Å²) >= 11 is 1.31. The number of carbonyl (C=O) groups excluding carboxylic acids is 1. The van der Waals surface area contributed by atoms with Crippen molar-refractivity contribution >= 4 is 17.7 Å². The lowest BCUT2D eigenvalue weighted by Gasteiger charge is -2.29. The number of nitrogens with one attached hydrogen (secondary N) is 1. The smallest absolute Gasteiger partial charge is 0.277 e. The van der Waals surface area contributed by atoms with Crippen molar-refractivity contribution in [3.63, 3.8) is 0 Å². The quantitative estimate of drug-likeness (QED) is 0.611. The highest BCUT2D eigenvalue weighted by atomic mass is 32.2. The number of ether oxygens (including phenoxy) is 1. The molecule has 6 nitrogen and oxygen atoms in total. The number of carbonyl (C=O) groups is 1. The molecule has 158 valence electrons. The van der Waals surface area contributed by atoms with E-state index in [-0.39, 0.29) is 5.91 Å². The van der Waals surface area contributed by atoms with Crippen molar-refractivity contribution in [2.75, 3.05) is 12.9 Å². The largest absolute Gasteiger partial charge is 0.496 e. The second-order valence-corrected chi connectivity index (χ2v) is 8.77. The van der Waals surface area contributed by atoms with Crippen LogP contribution in [0, 0.1) is 12.8 Å². The van der Waals surface area contributed by atoms with Crippen molar-refractivity contribution in [3.8, 4) is 5.75 Å². The summed E-state index contributed by atoms with van der Waals surface area (Å²) in [6.45, 7) is 4.27. The summed E-state index contributed by atoms with van der Waals surface area (Å²) in [4.78, 5) is 12.2. The van der Waals surface area contributed by atoms with Gasteiger partial charge < -0.3 is 14.5 Å². The van der Waals surface area contributed by atoms with Gasteiger partial charge in [-0.3, -0.25) is 4.79 Å². The highest BCUT2D eigenvalue weighted by molar-refractivity contribution is 7.99. The molecule has 0 radical (unpaired) electrons. The molecule has 1 saturated carbocycles. The van der Waals surface area contributed by atoms with E-state index in [0.717, 1.165) is 37.0 Å². The molecule has 1 amide bonds. The first-order chi connectivity index (χ1) is 14.0. The number of aryl methyl sites for hydroxylation is 3. The van der Waals surface area contributed by atoms with Crippen molar-refractivity contribution in [1.82, 2.24) is 15.5 Å². The van der Waals surface area contributed by atoms with Gasteiger partial charge in [0.2, 0.25) is 11.8 Å². The number of benzene rings is 1. The van der Waals surface area contributed by atoms with Gasteiger partial charge in [0, 0.05) is 12.5 Å². The first-order valence-corrected chi connectivity index (χ1v) is 11.4. The van der Waals surface area contributed by atoms with Crippen LogP contribution in [0.15, 0.2) is 27.8 Å². The normalized spacial score (nSPS) is 19.1. The number of aromatic nitrogens is 2. The van der Waals surface area contributed by atoms with E-state index in [9.17, 15) is 4.79 Å². The van der Waals surface area contributed by atoms with Gasteiger partial charge in [-0.1, -0.05) is 43.7 Å². The van der Waals surface area contributed by atoms with E-state index < -0.39 is 0 Å². The number of thioether (sulfide) groups is 1. The van der Waals surface area contributed by atoms with E-state index in [2.05, 4.69) is 41.5 Å². The molecule has 0 spiro atoms.